The van der Waals surface area contributed by atoms with Gasteiger partial charge < -0.3 is 10.1 Å². The molecule has 0 aliphatic heterocycles. The minimum absolute atomic E-state index is 0.606. The van der Waals surface area contributed by atoms with Crippen LogP contribution in [0.15, 0.2) is 29.9 Å². The van der Waals surface area contributed by atoms with Crippen LogP contribution in [0.3, 0.4) is 0 Å². The predicted octanol–water partition coefficient (Wildman–Crippen LogP) is 2.16. The molecular formula is C10H11N3OS. The second-order valence-electron chi connectivity index (χ2n) is 2.84. The maximum absolute atomic E-state index is 5.12. The third-order valence-electron chi connectivity index (χ3n) is 1.88. The second-order valence-corrected chi connectivity index (χ2v) is 3.82. The average Bonchev–Trinajstić information content (AvgIpc) is 2.79. The van der Waals surface area contributed by atoms with Crippen molar-refractivity contribution in [1.29, 1.82) is 0 Å². The molecule has 2 aromatic rings. The lowest BCUT2D eigenvalue weighted by atomic mass is 10.4. The Balaban J connectivity index is 2.04. The molecule has 0 amide bonds. The molecule has 2 aromatic heterocycles. The highest BCUT2D eigenvalue weighted by Crippen LogP contribution is 2.20. The molecule has 5 heteroatoms. The first kappa shape index (κ1) is 9.92. The Hall–Kier alpha value is -1.62. The number of hydrogen-bond donors (Lipinski definition) is 1. The van der Waals surface area contributed by atoms with Gasteiger partial charge >= 0.3 is 0 Å². The van der Waals surface area contributed by atoms with Crippen LogP contribution in [-0.2, 0) is 6.54 Å². The van der Waals surface area contributed by atoms with Gasteiger partial charge in [0.25, 0.3) is 0 Å². The second kappa shape index (κ2) is 4.75. The summed E-state index contributed by atoms with van der Waals surface area (Å²) >= 11 is 1.62. The maximum Gasteiger partial charge on any atom is 0.237 e. The van der Waals surface area contributed by atoms with Crippen molar-refractivity contribution in [1.82, 2.24) is 9.97 Å². The SMILES string of the molecule is COc1ncccc1NCc1nccs1. The molecule has 15 heavy (non-hydrogen) atoms. The van der Waals surface area contributed by atoms with Gasteiger partial charge in [-0.3, -0.25) is 0 Å². The molecule has 0 unspecified atom stereocenters. The first-order valence-electron chi connectivity index (χ1n) is 4.51. The van der Waals surface area contributed by atoms with E-state index in [1.54, 1.807) is 30.8 Å². The molecule has 0 atom stereocenters. The van der Waals surface area contributed by atoms with E-state index in [9.17, 15) is 0 Å². The zero-order valence-corrected chi connectivity index (χ0v) is 9.12. The monoisotopic (exact) mass is 221 g/mol. The van der Waals surface area contributed by atoms with Gasteiger partial charge in [0.1, 0.15) is 5.01 Å². The average molecular weight is 221 g/mol. The molecule has 1 N–H and O–H groups in total. The van der Waals surface area contributed by atoms with E-state index >= 15 is 0 Å². The minimum atomic E-state index is 0.606. The summed E-state index contributed by atoms with van der Waals surface area (Å²) in [7, 11) is 1.61. The zero-order chi connectivity index (χ0) is 10.5. The van der Waals surface area contributed by atoms with E-state index < -0.39 is 0 Å². The van der Waals surface area contributed by atoms with Crippen molar-refractivity contribution in [2.45, 2.75) is 6.54 Å². The number of anilines is 1. The van der Waals surface area contributed by atoms with E-state index in [0.29, 0.717) is 12.4 Å². The molecular weight excluding hydrogens is 210 g/mol. The lowest BCUT2D eigenvalue weighted by Gasteiger charge is -2.07. The Labute approximate surface area is 92.0 Å². The Morgan fingerprint density at radius 1 is 1.40 bits per heavy atom. The highest BCUT2D eigenvalue weighted by Gasteiger charge is 2.02. The molecule has 0 radical (unpaired) electrons. The molecule has 0 fully saturated rings. The lowest BCUT2D eigenvalue weighted by molar-refractivity contribution is 0.399. The van der Waals surface area contributed by atoms with Gasteiger partial charge in [-0.2, -0.15) is 0 Å². The minimum Gasteiger partial charge on any atom is -0.480 e. The number of aromatic nitrogens is 2. The van der Waals surface area contributed by atoms with E-state index in [4.69, 9.17) is 4.74 Å². The van der Waals surface area contributed by atoms with E-state index in [-0.39, 0.29) is 0 Å². The summed E-state index contributed by atoms with van der Waals surface area (Å²) in [6.45, 7) is 0.694. The number of pyridine rings is 1. The third kappa shape index (κ3) is 2.44. The smallest absolute Gasteiger partial charge is 0.237 e. The molecule has 0 saturated heterocycles. The van der Waals surface area contributed by atoms with Crippen LogP contribution in [0.4, 0.5) is 5.69 Å². The molecule has 0 aliphatic rings. The fourth-order valence-electron chi connectivity index (χ4n) is 1.20. The van der Waals surface area contributed by atoms with Gasteiger partial charge in [-0.1, -0.05) is 0 Å². The highest BCUT2D eigenvalue weighted by atomic mass is 32.1. The van der Waals surface area contributed by atoms with Gasteiger partial charge in [0.05, 0.1) is 19.3 Å². The van der Waals surface area contributed by atoms with E-state index in [0.717, 1.165) is 10.7 Å². The summed E-state index contributed by atoms with van der Waals surface area (Å²) in [5.41, 5.74) is 0.884. The first-order chi connectivity index (χ1) is 7.40. The van der Waals surface area contributed by atoms with Gasteiger partial charge in [0.15, 0.2) is 0 Å². The first-order valence-corrected chi connectivity index (χ1v) is 5.39. The Bertz CT molecular complexity index is 416. The summed E-state index contributed by atoms with van der Waals surface area (Å²) in [6.07, 6.45) is 3.50. The van der Waals surface area contributed by atoms with Crippen molar-refractivity contribution in [3.05, 3.63) is 34.9 Å². The van der Waals surface area contributed by atoms with Gasteiger partial charge in [-0.05, 0) is 12.1 Å². The number of rotatable bonds is 4. The number of thiazole rings is 1. The van der Waals surface area contributed by atoms with Crippen LogP contribution < -0.4 is 10.1 Å². The fourth-order valence-corrected chi connectivity index (χ4v) is 1.76. The maximum atomic E-state index is 5.12. The number of ether oxygens (including phenoxy) is 1. The fraction of sp³-hybridized carbons (Fsp3) is 0.200. The van der Waals surface area contributed by atoms with Crippen LogP contribution in [0.2, 0.25) is 0 Å². The summed E-state index contributed by atoms with van der Waals surface area (Å²) in [4.78, 5) is 8.28. The van der Waals surface area contributed by atoms with E-state index in [2.05, 4.69) is 15.3 Å². The lowest BCUT2D eigenvalue weighted by Crippen LogP contribution is -2.01. The Morgan fingerprint density at radius 2 is 2.33 bits per heavy atom. The summed E-state index contributed by atoms with van der Waals surface area (Å²) < 4.78 is 5.12. The van der Waals surface area contributed by atoms with Crippen LogP contribution in [0.5, 0.6) is 5.88 Å². The standard InChI is InChI=1S/C10H11N3OS/c1-14-10-8(3-2-4-12-10)13-7-9-11-5-6-15-9/h2-6,13H,7H2,1H3. The topological polar surface area (TPSA) is 47.0 Å². The van der Waals surface area contributed by atoms with Crippen LogP contribution in [0.1, 0.15) is 5.01 Å². The summed E-state index contributed by atoms with van der Waals surface area (Å²) in [6, 6.07) is 3.80. The molecule has 0 aromatic carbocycles. The summed E-state index contributed by atoms with van der Waals surface area (Å²) in [5, 5.41) is 6.23. The number of nitrogens with one attached hydrogen (secondary N) is 1. The van der Waals surface area contributed by atoms with Gasteiger partial charge in [-0.15, -0.1) is 11.3 Å². The van der Waals surface area contributed by atoms with Crippen LogP contribution in [0.25, 0.3) is 0 Å². The molecule has 0 aliphatic carbocycles. The largest absolute Gasteiger partial charge is 0.480 e. The van der Waals surface area contributed by atoms with Gasteiger partial charge in [0.2, 0.25) is 5.88 Å². The van der Waals surface area contributed by atoms with Crippen molar-refractivity contribution >= 4 is 17.0 Å². The van der Waals surface area contributed by atoms with Gasteiger partial charge in [0, 0.05) is 17.8 Å². The summed E-state index contributed by atoms with van der Waals surface area (Å²) in [5.74, 6) is 0.606. The molecule has 2 rings (SSSR count). The van der Waals surface area contributed by atoms with Gasteiger partial charge in [-0.25, -0.2) is 9.97 Å². The normalized spacial score (nSPS) is 9.93. The van der Waals surface area contributed by atoms with Crippen molar-refractivity contribution in [2.24, 2.45) is 0 Å². The molecule has 78 valence electrons. The molecule has 0 saturated carbocycles. The quantitative estimate of drug-likeness (QED) is 0.859. The zero-order valence-electron chi connectivity index (χ0n) is 8.30. The molecule has 2 heterocycles. The predicted molar refractivity (Wildman–Crippen MR) is 60.2 cm³/mol. The van der Waals surface area contributed by atoms with Crippen LogP contribution in [0, 0.1) is 0 Å². The Kier molecular flexibility index (Phi) is 3.14. The van der Waals surface area contributed by atoms with Crippen molar-refractivity contribution in [2.75, 3.05) is 12.4 Å². The van der Waals surface area contributed by atoms with Crippen molar-refractivity contribution in [3.63, 3.8) is 0 Å². The molecule has 0 spiro atoms. The third-order valence-corrected chi connectivity index (χ3v) is 2.66. The molecule has 0 bridgehead atoms. The van der Waals surface area contributed by atoms with E-state index in [1.807, 2.05) is 17.5 Å². The number of methoxy groups -OCH3 is 1. The van der Waals surface area contributed by atoms with Crippen LogP contribution >= 0.6 is 11.3 Å². The number of nitrogens with zero attached hydrogens (tertiary/aromatic N) is 2. The van der Waals surface area contributed by atoms with Crippen molar-refractivity contribution in [3.8, 4) is 5.88 Å². The Morgan fingerprint density at radius 3 is 3.07 bits per heavy atom. The van der Waals surface area contributed by atoms with E-state index in [1.165, 1.54) is 0 Å². The number of hydrogen-bond acceptors (Lipinski definition) is 5. The van der Waals surface area contributed by atoms with Crippen molar-refractivity contribution < 1.29 is 4.74 Å². The molecule has 4 nitrogen and oxygen atoms in total. The highest BCUT2D eigenvalue weighted by molar-refractivity contribution is 7.09. The van der Waals surface area contributed by atoms with Crippen LogP contribution in [-0.4, -0.2) is 17.1 Å².